The molecule has 4 aliphatic rings. The van der Waals surface area contributed by atoms with Crippen LogP contribution in [0.5, 0.6) is 0 Å². The predicted octanol–water partition coefficient (Wildman–Crippen LogP) is 14.9. The van der Waals surface area contributed by atoms with Crippen LogP contribution in [0.15, 0.2) is 299 Å². The molecule has 10 heteroatoms. The smallest absolute Gasteiger partial charge is 0.249 e. The highest BCUT2D eigenvalue weighted by Crippen LogP contribution is 2.51. The molecule has 0 unspecified atom stereocenters. The summed E-state index contributed by atoms with van der Waals surface area (Å²) in [7, 11) is 0. The largest absolute Gasteiger partial charge is 0.310 e. The van der Waals surface area contributed by atoms with E-state index in [2.05, 4.69) is 298 Å². The van der Waals surface area contributed by atoms with Crippen LogP contribution >= 0.6 is 23.5 Å². The number of imidazole rings is 2. The molecule has 0 radical (unpaired) electrons. The van der Waals surface area contributed by atoms with Gasteiger partial charge in [0, 0.05) is 81.8 Å². The highest BCUT2D eigenvalue weighted by Gasteiger charge is 2.47. The van der Waals surface area contributed by atoms with Crippen molar-refractivity contribution in [2.45, 2.75) is 19.6 Å². The lowest BCUT2D eigenvalue weighted by molar-refractivity contribution is 1.09. The van der Waals surface area contributed by atoms with Gasteiger partial charge in [-0.2, -0.15) is 0 Å². The molecule has 0 bridgehead atoms. The van der Waals surface area contributed by atoms with E-state index in [0.717, 1.165) is 90.3 Å². The van der Waals surface area contributed by atoms with Crippen LogP contribution in [0.25, 0.3) is 67.3 Å². The molecule has 2 aromatic heterocycles. The summed E-state index contributed by atoms with van der Waals surface area (Å²) in [6, 6.07) is 102. The van der Waals surface area contributed by atoms with Crippen LogP contribution < -0.4 is 42.6 Å². The van der Waals surface area contributed by atoms with Gasteiger partial charge in [0.15, 0.2) is 0 Å². The van der Waals surface area contributed by atoms with Crippen LogP contribution in [-0.2, 0) is 0 Å². The average molecular weight is 1100 g/mol. The minimum Gasteiger partial charge on any atom is -0.310 e. The van der Waals surface area contributed by atoms with Crippen LogP contribution in [0.4, 0.5) is 34.1 Å². The number of benzene rings is 12. The highest BCUT2D eigenvalue weighted by molar-refractivity contribution is 8.01. The molecule has 6 nitrogen and oxygen atoms in total. The summed E-state index contributed by atoms with van der Waals surface area (Å²) in [5.41, 5.74) is 25.5. The van der Waals surface area contributed by atoms with Crippen molar-refractivity contribution in [3.05, 3.63) is 279 Å². The maximum atomic E-state index is 5.57. The molecule has 6 heterocycles. The Bertz CT molecular complexity index is 4600. The number of hydrogen-bond donors (Lipinski definition) is 0. The number of hydrogen-bond acceptors (Lipinski definition) is 6. The first kappa shape index (κ1) is 47.6. The zero-order valence-electron chi connectivity index (χ0n) is 45.2. The van der Waals surface area contributed by atoms with E-state index in [0.29, 0.717) is 0 Å². The first-order chi connectivity index (χ1) is 41.7. The van der Waals surface area contributed by atoms with Gasteiger partial charge in [-0.05, 0) is 112 Å². The second-order valence-corrected chi connectivity index (χ2v) is 24.1. The zero-order chi connectivity index (χ0) is 55.0. The van der Waals surface area contributed by atoms with Crippen molar-refractivity contribution in [1.29, 1.82) is 0 Å². The van der Waals surface area contributed by atoms with Gasteiger partial charge in [0.05, 0.1) is 22.1 Å². The molecule has 0 amide bonds. The maximum Gasteiger partial charge on any atom is 0.249 e. The molecule has 0 spiro atoms. The average Bonchev–Trinajstić information content (AvgIpc) is 1.57. The Morgan fingerprint density at radius 3 is 1.02 bits per heavy atom. The fraction of sp³-hybridized carbons (Fsp3) is 0. The van der Waals surface area contributed by atoms with Crippen molar-refractivity contribution in [3.63, 3.8) is 0 Å². The summed E-state index contributed by atoms with van der Waals surface area (Å²) in [6.45, 7) is -0.223. The number of para-hydroxylation sites is 6. The van der Waals surface area contributed by atoms with Gasteiger partial charge in [0.2, 0.25) is 13.4 Å². The molecule has 18 rings (SSSR count). The van der Waals surface area contributed by atoms with E-state index in [1.807, 2.05) is 23.5 Å². The molecule has 0 fully saturated rings. The standard InChI is InChI=1S/C74H46B2N6S2/c1-8-24-47(25-9-1)66-71-58(75-56-38-22-40-60-69(56)81(73(77-60)48-26-10-2-11-27-48)62-42-54(44-64(83-71)67(62)75)79(50-30-14-4-15-31-50)51-32-16-5-17-33-51)46-59-72(66)84-65-45-55(80(52-34-18-6-19-35-52)53-36-20-7-21-37-53)43-63-68(65)76(59)57-39-23-41-61-70(57)82(63)74(78-61)49-28-12-3-13-29-49/h1-46H. The molecule has 12 aromatic carbocycles. The van der Waals surface area contributed by atoms with Crippen LogP contribution in [-0.4, -0.2) is 32.5 Å². The lowest BCUT2D eigenvalue weighted by atomic mass is 9.32. The normalized spacial score (nSPS) is 12.9. The molecular formula is C74H46B2N6S2. The highest BCUT2D eigenvalue weighted by atomic mass is 32.2. The van der Waals surface area contributed by atoms with E-state index in [-0.39, 0.29) is 13.4 Å². The van der Waals surface area contributed by atoms with Crippen molar-refractivity contribution in [1.82, 2.24) is 19.1 Å². The fourth-order valence-electron chi connectivity index (χ4n) is 14.0. The van der Waals surface area contributed by atoms with E-state index in [4.69, 9.17) is 9.97 Å². The Kier molecular flexibility index (Phi) is 10.6. The fourth-order valence-corrected chi connectivity index (χ4v) is 16.7. The molecule has 0 N–H and O–H groups in total. The van der Waals surface area contributed by atoms with Crippen molar-refractivity contribution in [3.8, 4) is 45.3 Å². The lowest BCUT2D eigenvalue weighted by Crippen LogP contribution is -2.63. The third kappa shape index (κ3) is 7.11. The quantitative estimate of drug-likeness (QED) is 0.134. The summed E-state index contributed by atoms with van der Waals surface area (Å²) in [5, 5.41) is 0. The number of nitrogens with zero attached hydrogens (tertiary/aromatic N) is 6. The van der Waals surface area contributed by atoms with Gasteiger partial charge in [0.25, 0.3) is 0 Å². The first-order valence-electron chi connectivity index (χ1n) is 28.6. The minimum atomic E-state index is -0.111. The second kappa shape index (κ2) is 18.8. The predicted molar refractivity (Wildman–Crippen MR) is 352 cm³/mol. The summed E-state index contributed by atoms with van der Waals surface area (Å²) < 4.78 is 4.96. The monoisotopic (exact) mass is 1100 g/mol. The number of rotatable bonds is 9. The SMILES string of the molecule is c1ccc(-c2c3c(cc4c2Sc2cc(N(c5ccccc5)c5ccccc5)cc5c2B4c2cccc4nc(-c6ccccc6)n-5c24)B2c4c(cc(N(c5ccccc5)c5ccccc5)cc4-n4c(-c5ccccc5)nc5cccc2c54)S3)cc1. The Labute approximate surface area is 495 Å². The van der Waals surface area contributed by atoms with Crippen LogP contribution in [0.3, 0.4) is 0 Å². The Morgan fingerprint density at radius 1 is 0.310 bits per heavy atom. The van der Waals surface area contributed by atoms with Gasteiger partial charge in [-0.25, -0.2) is 9.97 Å². The van der Waals surface area contributed by atoms with Crippen molar-refractivity contribution in [2.24, 2.45) is 0 Å². The van der Waals surface area contributed by atoms with Gasteiger partial charge >= 0.3 is 0 Å². The number of fused-ring (bicyclic) bond motifs is 8. The third-order valence-electron chi connectivity index (χ3n) is 17.3. The van der Waals surface area contributed by atoms with Crippen molar-refractivity contribution >= 4 is 126 Å². The number of aromatic nitrogens is 4. The van der Waals surface area contributed by atoms with Crippen LogP contribution in [0.2, 0.25) is 0 Å². The molecule has 84 heavy (non-hydrogen) atoms. The van der Waals surface area contributed by atoms with E-state index in [1.165, 1.54) is 63.5 Å². The summed E-state index contributed by atoms with van der Waals surface area (Å²) in [4.78, 5) is 21.0. The molecular weight excluding hydrogens is 1060 g/mol. The van der Waals surface area contributed by atoms with Gasteiger partial charge in [0.1, 0.15) is 11.6 Å². The molecule has 0 atom stereocenters. The Hall–Kier alpha value is -9.99. The Morgan fingerprint density at radius 2 is 0.655 bits per heavy atom. The summed E-state index contributed by atoms with van der Waals surface area (Å²) in [6.07, 6.45) is 0. The Balaban J connectivity index is 0.947. The molecule has 0 saturated carbocycles. The van der Waals surface area contributed by atoms with E-state index in [1.54, 1.807) is 0 Å². The lowest BCUT2D eigenvalue weighted by Gasteiger charge is -2.39. The third-order valence-corrected chi connectivity index (χ3v) is 19.7. The second-order valence-electron chi connectivity index (χ2n) is 22.0. The van der Waals surface area contributed by atoms with E-state index < -0.39 is 0 Å². The van der Waals surface area contributed by atoms with Crippen molar-refractivity contribution < 1.29 is 0 Å². The minimum absolute atomic E-state index is 0.111. The van der Waals surface area contributed by atoms with E-state index in [9.17, 15) is 0 Å². The van der Waals surface area contributed by atoms with Gasteiger partial charge in [-0.3, -0.25) is 9.13 Å². The molecule has 4 aliphatic heterocycles. The molecule has 14 aromatic rings. The molecule has 0 aliphatic carbocycles. The van der Waals surface area contributed by atoms with Gasteiger partial charge < -0.3 is 9.80 Å². The topological polar surface area (TPSA) is 42.1 Å². The van der Waals surface area contributed by atoms with Crippen LogP contribution in [0.1, 0.15) is 0 Å². The number of anilines is 6. The summed E-state index contributed by atoms with van der Waals surface area (Å²) in [5.74, 6) is 1.88. The maximum absolute atomic E-state index is 5.57. The summed E-state index contributed by atoms with van der Waals surface area (Å²) >= 11 is 3.86. The molecule has 0 saturated heterocycles. The first-order valence-corrected chi connectivity index (χ1v) is 30.3. The van der Waals surface area contributed by atoms with Crippen molar-refractivity contribution in [2.75, 3.05) is 9.80 Å². The van der Waals surface area contributed by atoms with Crippen LogP contribution in [0, 0.1) is 0 Å². The van der Waals surface area contributed by atoms with Gasteiger partial charge in [-0.15, -0.1) is 0 Å². The van der Waals surface area contributed by atoms with Gasteiger partial charge in [-0.1, -0.05) is 229 Å². The molecule has 390 valence electrons. The zero-order valence-corrected chi connectivity index (χ0v) is 46.8. The van der Waals surface area contributed by atoms with E-state index >= 15 is 0 Å².